The van der Waals surface area contributed by atoms with Crippen molar-refractivity contribution in [1.29, 1.82) is 0 Å². The van der Waals surface area contributed by atoms with E-state index in [0.717, 1.165) is 11.3 Å². The molecule has 5 nitrogen and oxygen atoms in total. The normalized spacial score (nSPS) is 10.4. The van der Waals surface area contributed by atoms with Gasteiger partial charge < -0.3 is 15.6 Å². The van der Waals surface area contributed by atoms with Gasteiger partial charge in [-0.3, -0.25) is 0 Å². The maximum absolute atomic E-state index is 6.13. The van der Waals surface area contributed by atoms with Crippen molar-refractivity contribution in [2.24, 2.45) is 5.73 Å². The number of benzene rings is 1. The summed E-state index contributed by atoms with van der Waals surface area (Å²) in [5.74, 6) is 1.23. The first-order valence-electron chi connectivity index (χ1n) is 5.68. The van der Waals surface area contributed by atoms with E-state index in [1.807, 2.05) is 12.1 Å². The molecule has 0 saturated heterocycles. The van der Waals surface area contributed by atoms with Crippen molar-refractivity contribution in [2.45, 2.75) is 13.3 Å². The fourth-order valence-corrected chi connectivity index (χ4v) is 1.94. The van der Waals surface area contributed by atoms with Gasteiger partial charge in [-0.15, -0.1) is 0 Å². The van der Waals surface area contributed by atoms with Crippen LogP contribution in [0.1, 0.15) is 17.3 Å². The van der Waals surface area contributed by atoms with Crippen LogP contribution in [0.15, 0.2) is 22.7 Å². The van der Waals surface area contributed by atoms with Crippen LogP contribution in [-0.2, 0) is 6.42 Å². The highest BCUT2D eigenvalue weighted by atomic mass is 35.5. The summed E-state index contributed by atoms with van der Waals surface area (Å²) in [5.41, 5.74) is 7.11. The summed E-state index contributed by atoms with van der Waals surface area (Å²) in [5, 5.41) is 7.59. The molecule has 0 spiro atoms. The molecule has 7 heteroatoms. The standard InChI is InChI=1S/C12H13ClN4OS/c1-7-16-11(17-18-7)4-5-15-10-3-2-8(12(14)19)6-9(10)13/h2-3,6,15H,4-5H2,1H3,(H2,14,19). The number of nitrogens with two attached hydrogens (primary N) is 1. The number of hydrogen-bond acceptors (Lipinski definition) is 5. The van der Waals surface area contributed by atoms with E-state index < -0.39 is 0 Å². The highest BCUT2D eigenvalue weighted by molar-refractivity contribution is 7.80. The SMILES string of the molecule is Cc1nc(CCNc2ccc(C(N)=S)cc2Cl)no1. The molecule has 1 aromatic heterocycles. The van der Waals surface area contributed by atoms with Crippen LogP contribution in [0.2, 0.25) is 5.02 Å². The summed E-state index contributed by atoms with van der Waals surface area (Å²) in [7, 11) is 0. The molecule has 2 aromatic rings. The second-order valence-corrected chi connectivity index (χ2v) is 4.81. The van der Waals surface area contributed by atoms with Crippen molar-refractivity contribution in [3.8, 4) is 0 Å². The van der Waals surface area contributed by atoms with Crippen LogP contribution in [0.5, 0.6) is 0 Å². The van der Waals surface area contributed by atoms with Crippen molar-refractivity contribution >= 4 is 34.5 Å². The Morgan fingerprint density at radius 2 is 2.32 bits per heavy atom. The van der Waals surface area contributed by atoms with Crippen LogP contribution in [0, 0.1) is 6.92 Å². The maximum atomic E-state index is 6.13. The monoisotopic (exact) mass is 296 g/mol. The van der Waals surface area contributed by atoms with Gasteiger partial charge in [-0.25, -0.2) is 0 Å². The minimum absolute atomic E-state index is 0.329. The number of halogens is 1. The first-order chi connectivity index (χ1) is 9.06. The van der Waals surface area contributed by atoms with Crippen LogP contribution in [0.25, 0.3) is 0 Å². The molecule has 0 fully saturated rings. The van der Waals surface area contributed by atoms with Crippen LogP contribution in [-0.4, -0.2) is 21.7 Å². The third-order valence-electron chi connectivity index (χ3n) is 2.49. The smallest absolute Gasteiger partial charge is 0.223 e. The van der Waals surface area contributed by atoms with E-state index in [0.29, 0.717) is 34.7 Å². The zero-order chi connectivity index (χ0) is 13.8. The highest BCUT2D eigenvalue weighted by Gasteiger charge is 2.05. The Morgan fingerprint density at radius 3 is 2.89 bits per heavy atom. The fraction of sp³-hybridized carbons (Fsp3) is 0.250. The molecule has 0 aliphatic carbocycles. The molecule has 0 bridgehead atoms. The Morgan fingerprint density at radius 1 is 1.53 bits per heavy atom. The molecule has 0 radical (unpaired) electrons. The van der Waals surface area contributed by atoms with Gasteiger partial charge in [0, 0.05) is 25.5 Å². The predicted octanol–water partition coefficient (Wildman–Crippen LogP) is 2.32. The summed E-state index contributed by atoms with van der Waals surface area (Å²) in [4.78, 5) is 4.45. The van der Waals surface area contributed by atoms with Gasteiger partial charge in [0.05, 0.1) is 10.7 Å². The predicted molar refractivity (Wildman–Crippen MR) is 78.6 cm³/mol. The molecule has 0 aliphatic rings. The average Bonchev–Trinajstić information content (AvgIpc) is 2.77. The molecule has 0 unspecified atom stereocenters. The van der Waals surface area contributed by atoms with Crippen molar-refractivity contribution in [3.05, 3.63) is 40.5 Å². The van der Waals surface area contributed by atoms with Crippen molar-refractivity contribution < 1.29 is 4.52 Å². The summed E-state index contributed by atoms with van der Waals surface area (Å²) >= 11 is 11.0. The van der Waals surface area contributed by atoms with Crippen molar-refractivity contribution in [3.63, 3.8) is 0 Å². The molecule has 0 amide bonds. The van der Waals surface area contributed by atoms with E-state index in [1.165, 1.54) is 0 Å². The second-order valence-electron chi connectivity index (χ2n) is 3.97. The van der Waals surface area contributed by atoms with E-state index >= 15 is 0 Å². The van der Waals surface area contributed by atoms with Crippen LogP contribution in [0.4, 0.5) is 5.69 Å². The van der Waals surface area contributed by atoms with Gasteiger partial charge in [-0.05, 0) is 18.2 Å². The highest BCUT2D eigenvalue weighted by Crippen LogP contribution is 2.22. The lowest BCUT2D eigenvalue weighted by Gasteiger charge is -2.08. The molecule has 2 rings (SSSR count). The van der Waals surface area contributed by atoms with Gasteiger partial charge in [0.1, 0.15) is 4.99 Å². The van der Waals surface area contributed by atoms with E-state index in [9.17, 15) is 0 Å². The minimum atomic E-state index is 0.329. The molecule has 0 atom stereocenters. The summed E-state index contributed by atoms with van der Waals surface area (Å²) < 4.78 is 4.89. The first-order valence-corrected chi connectivity index (χ1v) is 6.47. The Balaban J connectivity index is 1.94. The average molecular weight is 297 g/mol. The molecule has 0 saturated carbocycles. The van der Waals surface area contributed by atoms with E-state index in [-0.39, 0.29) is 0 Å². The topological polar surface area (TPSA) is 77.0 Å². The summed E-state index contributed by atoms with van der Waals surface area (Å²) in [6, 6.07) is 5.41. The van der Waals surface area contributed by atoms with Crippen LogP contribution < -0.4 is 11.1 Å². The molecular formula is C12H13ClN4OS. The van der Waals surface area contributed by atoms with Crippen LogP contribution in [0.3, 0.4) is 0 Å². The van der Waals surface area contributed by atoms with Crippen molar-refractivity contribution in [1.82, 2.24) is 10.1 Å². The fourth-order valence-electron chi connectivity index (χ4n) is 1.56. The van der Waals surface area contributed by atoms with Gasteiger partial charge in [0.2, 0.25) is 5.89 Å². The van der Waals surface area contributed by atoms with Crippen LogP contribution >= 0.6 is 23.8 Å². The number of rotatable bonds is 5. The van der Waals surface area contributed by atoms with E-state index in [2.05, 4.69) is 15.5 Å². The Bertz CT molecular complexity index is 599. The number of aryl methyl sites for hydroxylation is 1. The minimum Gasteiger partial charge on any atom is -0.389 e. The molecular weight excluding hydrogens is 284 g/mol. The number of nitrogens with one attached hydrogen (secondary N) is 1. The third-order valence-corrected chi connectivity index (χ3v) is 3.04. The van der Waals surface area contributed by atoms with E-state index in [1.54, 1.807) is 13.0 Å². The molecule has 19 heavy (non-hydrogen) atoms. The van der Waals surface area contributed by atoms with Gasteiger partial charge >= 0.3 is 0 Å². The lowest BCUT2D eigenvalue weighted by atomic mass is 10.2. The van der Waals surface area contributed by atoms with Gasteiger partial charge in [-0.1, -0.05) is 29.0 Å². The summed E-state index contributed by atoms with van der Waals surface area (Å²) in [6.45, 7) is 2.42. The number of hydrogen-bond donors (Lipinski definition) is 2. The first kappa shape index (κ1) is 13.8. The molecule has 100 valence electrons. The Labute approximate surface area is 121 Å². The zero-order valence-corrected chi connectivity index (χ0v) is 11.9. The Hall–Kier alpha value is -1.66. The number of nitrogens with zero attached hydrogens (tertiary/aromatic N) is 2. The van der Waals surface area contributed by atoms with E-state index in [4.69, 9.17) is 34.1 Å². The lowest BCUT2D eigenvalue weighted by molar-refractivity contribution is 0.387. The lowest BCUT2D eigenvalue weighted by Crippen LogP contribution is -2.10. The molecule has 3 N–H and O–H groups in total. The molecule has 1 heterocycles. The Kier molecular flexibility index (Phi) is 4.34. The third kappa shape index (κ3) is 3.65. The second kappa shape index (κ2) is 5.99. The van der Waals surface area contributed by atoms with Gasteiger partial charge in [0.25, 0.3) is 0 Å². The maximum Gasteiger partial charge on any atom is 0.223 e. The molecule has 0 aliphatic heterocycles. The largest absolute Gasteiger partial charge is 0.389 e. The zero-order valence-electron chi connectivity index (χ0n) is 10.3. The summed E-state index contributed by atoms with van der Waals surface area (Å²) in [6.07, 6.45) is 0.657. The number of aromatic nitrogens is 2. The van der Waals surface area contributed by atoms with Crippen molar-refractivity contribution in [2.75, 3.05) is 11.9 Å². The quantitative estimate of drug-likeness (QED) is 0.825. The van der Waals surface area contributed by atoms with Gasteiger partial charge in [0.15, 0.2) is 5.82 Å². The number of anilines is 1. The number of thiocarbonyl (C=S) groups is 1. The molecule has 1 aromatic carbocycles. The van der Waals surface area contributed by atoms with Gasteiger partial charge in [-0.2, -0.15) is 4.98 Å².